The Bertz CT molecular complexity index is 513. The summed E-state index contributed by atoms with van der Waals surface area (Å²) >= 11 is 0. The highest BCUT2D eigenvalue weighted by Crippen LogP contribution is 2.24. The fourth-order valence-electron chi connectivity index (χ4n) is 2.72. The van der Waals surface area contributed by atoms with E-state index in [9.17, 15) is 0 Å². The molecule has 0 spiro atoms. The molecule has 6 heteroatoms. The molecule has 20 heavy (non-hydrogen) atoms. The van der Waals surface area contributed by atoms with Gasteiger partial charge in [-0.15, -0.1) is 5.10 Å². The summed E-state index contributed by atoms with van der Waals surface area (Å²) in [5.74, 6) is 0.828. The number of hydrogen-bond donors (Lipinski definition) is 2. The lowest BCUT2D eigenvalue weighted by atomic mass is 10.1. The van der Waals surface area contributed by atoms with E-state index >= 15 is 0 Å². The van der Waals surface area contributed by atoms with Crippen LogP contribution < -0.4 is 10.6 Å². The molecular formula is C14H24N6. The van der Waals surface area contributed by atoms with Crippen LogP contribution >= 0.6 is 0 Å². The fourth-order valence-corrected chi connectivity index (χ4v) is 2.72. The molecular weight excluding hydrogens is 252 g/mol. The third-order valence-electron chi connectivity index (χ3n) is 4.25. The number of amidine groups is 1. The van der Waals surface area contributed by atoms with Crippen molar-refractivity contribution >= 4 is 11.7 Å². The number of nitrogens with two attached hydrogens (primary N) is 1. The predicted molar refractivity (Wildman–Crippen MR) is 81.4 cm³/mol. The molecule has 2 heterocycles. The second-order valence-electron chi connectivity index (χ2n) is 5.51. The number of nitrogen functional groups attached to an aromatic ring is 1. The van der Waals surface area contributed by atoms with Gasteiger partial charge in [0.05, 0.1) is 11.3 Å². The van der Waals surface area contributed by atoms with Crippen molar-refractivity contribution in [2.45, 2.75) is 33.2 Å². The standard InChI is InChI=1S/C14H24N6/c1-5-11-8-20(7-6-19(11)4)14-12(13(15)16)9(2)10(3)17-18-14/h11H,5-8H2,1-4H3,(H3,15,16). The number of nitrogens with zero attached hydrogens (tertiary/aromatic N) is 4. The predicted octanol–water partition coefficient (Wildman–Crippen LogP) is 0.908. The van der Waals surface area contributed by atoms with Crippen LogP contribution in [0, 0.1) is 19.3 Å². The van der Waals surface area contributed by atoms with Crippen molar-refractivity contribution in [3.05, 3.63) is 16.8 Å². The lowest BCUT2D eigenvalue weighted by molar-refractivity contribution is 0.212. The minimum atomic E-state index is 0.0717. The van der Waals surface area contributed by atoms with Gasteiger partial charge >= 0.3 is 0 Å². The average molecular weight is 276 g/mol. The van der Waals surface area contributed by atoms with Crippen LogP contribution in [-0.4, -0.2) is 53.7 Å². The first-order valence-electron chi connectivity index (χ1n) is 7.09. The van der Waals surface area contributed by atoms with E-state index < -0.39 is 0 Å². The molecule has 1 saturated heterocycles. The van der Waals surface area contributed by atoms with Gasteiger partial charge in [0.15, 0.2) is 5.82 Å². The van der Waals surface area contributed by atoms with Crippen molar-refractivity contribution in [1.82, 2.24) is 15.1 Å². The van der Waals surface area contributed by atoms with Crippen LogP contribution in [0.5, 0.6) is 0 Å². The molecule has 1 fully saturated rings. The minimum Gasteiger partial charge on any atom is -0.384 e. The van der Waals surface area contributed by atoms with Gasteiger partial charge in [0, 0.05) is 25.7 Å². The maximum atomic E-state index is 7.84. The smallest absolute Gasteiger partial charge is 0.162 e. The van der Waals surface area contributed by atoms with Crippen LogP contribution in [0.4, 0.5) is 5.82 Å². The summed E-state index contributed by atoms with van der Waals surface area (Å²) in [7, 11) is 2.16. The Kier molecular flexibility index (Phi) is 4.23. The SMILES string of the molecule is CCC1CN(c2nnc(C)c(C)c2C(=N)N)CCN1C. The van der Waals surface area contributed by atoms with Crippen LogP contribution in [0.25, 0.3) is 0 Å². The molecule has 1 aliphatic rings. The van der Waals surface area contributed by atoms with E-state index in [1.54, 1.807) is 0 Å². The molecule has 6 nitrogen and oxygen atoms in total. The second-order valence-corrected chi connectivity index (χ2v) is 5.51. The number of rotatable bonds is 3. The lowest BCUT2D eigenvalue weighted by Gasteiger charge is -2.40. The Morgan fingerprint density at radius 3 is 2.65 bits per heavy atom. The second kappa shape index (κ2) is 5.75. The van der Waals surface area contributed by atoms with Gasteiger partial charge in [-0.25, -0.2) is 0 Å². The van der Waals surface area contributed by atoms with Crippen LogP contribution in [-0.2, 0) is 0 Å². The molecule has 1 aromatic heterocycles. The molecule has 0 aliphatic carbocycles. The zero-order chi connectivity index (χ0) is 14.9. The normalized spacial score (nSPS) is 20.2. The fraction of sp³-hybridized carbons (Fsp3) is 0.643. The van der Waals surface area contributed by atoms with E-state index in [4.69, 9.17) is 11.1 Å². The van der Waals surface area contributed by atoms with Gasteiger partial charge in [-0.3, -0.25) is 10.3 Å². The van der Waals surface area contributed by atoms with Gasteiger partial charge in [0.25, 0.3) is 0 Å². The van der Waals surface area contributed by atoms with Gasteiger partial charge in [0.1, 0.15) is 5.84 Å². The van der Waals surface area contributed by atoms with E-state index in [1.165, 1.54) is 0 Å². The van der Waals surface area contributed by atoms with Gasteiger partial charge in [-0.1, -0.05) is 6.92 Å². The highest BCUT2D eigenvalue weighted by molar-refractivity contribution is 6.01. The number of aryl methyl sites for hydroxylation is 1. The van der Waals surface area contributed by atoms with Crippen molar-refractivity contribution in [2.24, 2.45) is 5.73 Å². The third kappa shape index (κ3) is 2.60. The Balaban J connectivity index is 2.38. The number of anilines is 1. The van der Waals surface area contributed by atoms with Crippen LogP contribution in [0.2, 0.25) is 0 Å². The van der Waals surface area contributed by atoms with E-state index in [2.05, 4.69) is 34.0 Å². The highest BCUT2D eigenvalue weighted by Gasteiger charge is 2.27. The first-order chi connectivity index (χ1) is 9.45. The molecule has 2 rings (SSSR count). The zero-order valence-corrected chi connectivity index (χ0v) is 12.8. The van der Waals surface area contributed by atoms with Crippen LogP contribution in [0.1, 0.15) is 30.2 Å². The lowest BCUT2D eigenvalue weighted by Crippen LogP contribution is -2.52. The van der Waals surface area contributed by atoms with Crippen molar-refractivity contribution in [2.75, 3.05) is 31.6 Å². The van der Waals surface area contributed by atoms with E-state index in [0.717, 1.165) is 48.7 Å². The van der Waals surface area contributed by atoms with Gasteiger partial charge in [0.2, 0.25) is 0 Å². The number of hydrogen-bond acceptors (Lipinski definition) is 5. The van der Waals surface area contributed by atoms with E-state index in [0.29, 0.717) is 6.04 Å². The van der Waals surface area contributed by atoms with Crippen LogP contribution in [0.3, 0.4) is 0 Å². The Morgan fingerprint density at radius 1 is 1.35 bits per heavy atom. The van der Waals surface area contributed by atoms with Crippen LogP contribution in [0.15, 0.2) is 0 Å². The maximum Gasteiger partial charge on any atom is 0.162 e. The number of piperazine rings is 1. The molecule has 1 aliphatic heterocycles. The van der Waals surface area contributed by atoms with Crippen molar-refractivity contribution in [3.8, 4) is 0 Å². The van der Waals surface area contributed by atoms with Gasteiger partial charge in [-0.2, -0.15) is 5.10 Å². The zero-order valence-electron chi connectivity index (χ0n) is 12.8. The summed E-state index contributed by atoms with van der Waals surface area (Å²) in [4.78, 5) is 4.59. The number of aromatic nitrogens is 2. The molecule has 1 unspecified atom stereocenters. The summed E-state index contributed by atoms with van der Waals surface area (Å²) in [6.07, 6.45) is 1.10. The summed E-state index contributed by atoms with van der Waals surface area (Å²) in [6, 6.07) is 0.506. The summed E-state index contributed by atoms with van der Waals surface area (Å²) in [5.41, 5.74) is 8.28. The highest BCUT2D eigenvalue weighted by atomic mass is 15.3. The first kappa shape index (κ1) is 14.7. The third-order valence-corrected chi connectivity index (χ3v) is 4.25. The van der Waals surface area contributed by atoms with Crippen molar-refractivity contribution in [1.29, 1.82) is 5.41 Å². The quantitative estimate of drug-likeness (QED) is 0.633. The topological polar surface area (TPSA) is 82.1 Å². The molecule has 0 amide bonds. The number of nitrogens with one attached hydrogen (secondary N) is 1. The Labute approximate surface area is 120 Å². The molecule has 0 aromatic carbocycles. The maximum absolute atomic E-state index is 7.84. The van der Waals surface area contributed by atoms with Gasteiger partial charge in [-0.05, 0) is 32.9 Å². The molecule has 110 valence electrons. The molecule has 0 bridgehead atoms. The summed E-state index contributed by atoms with van der Waals surface area (Å²) in [5, 5.41) is 16.4. The summed E-state index contributed by atoms with van der Waals surface area (Å²) in [6.45, 7) is 8.84. The van der Waals surface area contributed by atoms with Crippen molar-refractivity contribution in [3.63, 3.8) is 0 Å². The Morgan fingerprint density at radius 2 is 2.05 bits per heavy atom. The minimum absolute atomic E-state index is 0.0717. The molecule has 0 saturated carbocycles. The van der Waals surface area contributed by atoms with E-state index in [1.807, 2.05) is 13.8 Å². The molecule has 0 radical (unpaired) electrons. The Hall–Kier alpha value is -1.69. The van der Waals surface area contributed by atoms with E-state index in [-0.39, 0.29) is 5.84 Å². The molecule has 3 N–H and O–H groups in total. The summed E-state index contributed by atoms with van der Waals surface area (Å²) < 4.78 is 0. The van der Waals surface area contributed by atoms with Gasteiger partial charge < -0.3 is 10.6 Å². The largest absolute Gasteiger partial charge is 0.384 e. The molecule has 1 atom stereocenters. The monoisotopic (exact) mass is 276 g/mol. The average Bonchev–Trinajstić information content (AvgIpc) is 2.42. The van der Waals surface area contributed by atoms with Crippen molar-refractivity contribution < 1.29 is 0 Å². The number of likely N-dealkylation sites (N-methyl/N-ethyl adjacent to an activating group) is 1. The molecule has 1 aromatic rings. The first-order valence-corrected chi connectivity index (χ1v) is 7.09.